The molecule has 1 aromatic carbocycles. The van der Waals surface area contributed by atoms with Crippen LogP contribution in [0.25, 0.3) is 26.6 Å². The summed E-state index contributed by atoms with van der Waals surface area (Å²) in [7, 11) is 1.61. The van der Waals surface area contributed by atoms with Gasteiger partial charge in [0.1, 0.15) is 16.2 Å². The number of hydrogen-bond donors (Lipinski definition) is 1. The van der Waals surface area contributed by atoms with E-state index >= 15 is 4.39 Å². The van der Waals surface area contributed by atoms with E-state index in [9.17, 15) is 14.7 Å². The summed E-state index contributed by atoms with van der Waals surface area (Å²) < 4.78 is 22.3. The number of morpholine rings is 1. The number of halogens is 1. The molecule has 9 heteroatoms. The Morgan fingerprint density at radius 2 is 2.11 bits per heavy atom. The molecule has 7 nitrogen and oxygen atoms in total. The number of hydrogen-bond acceptors (Lipinski definition) is 6. The smallest absolute Gasteiger partial charge is 0.342 e. The van der Waals surface area contributed by atoms with Crippen molar-refractivity contribution in [3.63, 3.8) is 0 Å². The molecule has 1 saturated heterocycles. The highest BCUT2D eigenvalue weighted by Crippen LogP contribution is 2.36. The van der Waals surface area contributed by atoms with Crippen LogP contribution in [0.15, 0.2) is 21.2 Å². The number of aromatic carboxylic acids is 1. The Labute approximate surface area is 155 Å². The van der Waals surface area contributed by atoms with Gasteiger partial charge in [-0.15, -0.1) is 11.3 Å². The van der Waals surface area contributed by atoms with Crippen molar-refractivity contribution in [3.05, 3.63) is 38.4 Å². The number of carboxylic acids is 1. The number of aromatic nitrogens is 1. The summed E-state index contributed by atoms with van der Waals surface area (Å²) in [6, 6.07) is 1.16. The van der Waals surface area contributed by atoms with E-state index in [2.05, 4.69) is 4.99 Å². The molecule has 1 fully saturated rings. The molecule has 0 spiro atoms. The van der Waals surface area contributed by atoms with E-state index in [1.54, 1.807) is 16.8 Å². The van der Waals surface area contributed by atoms with Crippen molar-refractivity contribution in [1.29, 1.82) is 0 Å². The molecule has 0 radical (unpaired) electrons. The lowest BCUT2D eigenvalue weighted by atomic mass is 10.1. The molecule has 0 unspecified atom stereocenters. The van der Waals surface area contributed by atoms with Gasteiger partial charge in [0.15, 0.2) is 0 Å². The highest BCUT2D eigenvalue weighted by Gasteiger charge is 2.29. The first-order valence-corrected chi connectivity index (χ1v) is 9.28. The maximum Gasteiger partial charge on any atom is 0.342 e. The monoisotopic (exact) mass is 387 g/mol. The van der Waals surface area contributed by atoms with E-state index in [0.29, 0.717) is 58.6 Å². The van der Waals surface area contributed by atoms with Gasteiger partial charge < -0.3 is 14.7 Å². The number of carbonyl (C=O) groups is 1. The molecule has 1 aliphatic rings. The van der Waals surface area contributed by atoms with Gasteiger partial charge in [-0.2, -0.15) is 0 Å². The SMILES string of the molecule is CN=c1c2c(N3CCOCC3)c(F)cc3c(=O)c(C(=O)O)c4scc1n4c32. The minimum Gasteiger partial charge on any atom is -0.477 e. The number of thiazole rings is 1. The molecule has 0 bridgehead atoms. The van der Waals surface area contributed by atoms with Gasteiger partial charge in [0.25, 0.3) is 0 Å². The summed E-state index contributed by atoms with van der Waals surface area (Å²) >= 11 is 1.18. The molecule has 0 amide bonds. The van der Waals surface area contributed by atoms with Crippen LogP contribution in [0.4, 0.5) is 10.1 Å². The number of ether oxygens (including phenoxy) is 1. The van der Waals surface area contributed by atoms with Gasteiger partial charge in [0.2, 0.25) is 5.43 Å². The minimum atomic E-state index is -1.32. The van der Waals surface area contributed by atoms with E-state index in [0.717, 1.165) is 6.07 Å². The summed E-state index contributed by atoms with van der Waals surface area (Å²) in [6.07, 6.45) is 0. The van der Waals surface area contributed by atoms with Crippen LogP contribution >= 0.6 is 11.3 Å². The van der Waals surface area contributed by atoms with Crippen LogP contribution in [0.5, 0.6) is 0 Å². The van der Waals surface area contributed by atoms with E-state index in [1.807, 2.05) is 4.90 Å². The van der Waals surface area contributed by atoms with Crippen molar-refractivity contribution in [2.45, 2.75) is 0 Å². The second kappa shape index (κ2) is 5.61. The standard InChI is InChI=1S/C18H14FN3O4S/c1-20-13-10-7-27-17-12(18(24)25)16(23)8-6-9(19)15(11(13)14(8)22(10)17)21-2-4-26-5-3-21/h6-7H,2-5H2,1H3,(H,24,25). The third-order valence-electron chi connectivity index (χ3n) is 5.11. The van der Waals surface area contributed by atoms with Gasteiger partial charge in [-0.25, -0.2) is 9.18 Å². The van der Waals surface area contributed by atoms with Crippen molar-refractivity contribution in [3.8, 4) is 0 Å². The van der Waals surface area contributed by atoms with E-state index in [4.69, 9.17) is 4.74 Å². The zero-order valence-electron chi connectivity index (χ0n) is 14.3. The summed E-state index contributed by atoms with van der Waals surface area (Å²) in [5.41, 5.74) is 0.598. The Hall–Kier alpha value is -2.78. The Bertz CT molecular complexity index is 1340. The van der Waals surface area contributed by atoms with E-state index < -0.39 is 17.2 Å². The molecular formula is C18H14FN3O4S. The molecule has 3 aromatic heterocycles. The Balaban J connectivity index is 2.06. The fourth-order valence-corrected chi connectivity index (χ4v) is 5.04. The maximum absolute atomic E-state index is 15.2. The molecule has 27 heavy (non-hydrogen) atoms. The predicted molar refractivity (Wildman–Crippen MR) is 100 cm³/mol. The fraction of sp³-hybridized carbons (Fsp3) is 0.278. The van der Waals surface area contributed by atoms with Crippen LogP contribution in [-0.2, 0) is 4.74 Å². The van der Waals surface area contributed by atoms with Gasteiger partial charge in [-0.1, -0.05) is 0 Å². The fourth-order valence-electron chi connectivity index (χ4n) is 4.01. The zero-order chi connectivity index (χ0) is 18.9. The number of anilines is 1. The van der Waals surface area contributed by atoms with Crippen LogP contribution < -0.4 is 15.7 Å². The van der Waals surface area contributed by atoms with E-state index in [1.165, 1.54) is 11.3 Å². The van der Waals surface area contributed by atoms with Crippen LogP contribution in [0.3, 0.4) is 0 Å². The molecule has 5 rings (SSSR count). The Morgan fingerprint density at radius 1 is 1.37 bits per heavy atom. The third-order valence-corrected chi connectivity index (χ3v) is 6.06. The van der Waals surface area contributed by atoms with Crippen molar-refractivity contribution < 1.29 is 19.0 Å². The number of rotatable bonds is 2. The summed E-state index contributed by atoms with van der Waals surface area (Å²) in [5, 5.41) is 12.5. The van der Waals surface area contributed by atoms with Crippen LogP contribution in [0.2, 0.25) is 0 Å². The second-order valence-electron chi connectivity index (χ2n) is 6.42. The largest absolute Gasteiger partial charge is 0.477 e. The number of pyridine rings is 1. The highest BCUT2D eigenvalue weighted by molar-refractivity contribution is 7.16. The lowest BCUT2D eigenvalue weighted by Crippen LogP contribution is -2.37. The van der Waals surface area contributed by atoms with Gasteiger partial charge in [-0.3, -0.25) is 14.2 Å². The van der Waals surface area contributed by atoms with Gasteiger partial charge in [0, 0.05) is 25.5 Å². The van der Waals surface area contributed by atoms with Crippen LogP contribution in [0, 0.1) is 5.82 Å². The van der Waals surface area contributed by atoms with Gasteiger partial charge in [-0.05, 0) is 6.07 Å². The highest BCUT2D eigenvalue weighted by atomic mass is 32.1. The quantitative estimate of drug-likeness (QED) is 0.567. The average Bonchev–Trinajstić information content (AvgIpc) is 3.20. The number of carboxylic acid groups (broad SMARTS) is 1. The zero-order valence-corrected chi connectivity index (χ0v) is 15.1. The summed E-state index contributed by atoms with van der Waals surface area (Å²) in [4.78, 5) is 31.2. The molecular weight excluding hydrogens is 373 g/mol. The first kappa shape index (κ1) is 16.4. The molecule has 1 aliphatic heterocycles. The van der Waals surface area contributed by atoms with E-state index in [-0.39, 0.29) is 10.9 Å². The van der Waals surface area contributed by atoms with Gasteiger partial charge >= 0.3 is 5.97 Å². The molecule has 0 saturated carbocycles. The molecule has 138 valence electrons. The van der Waals surface area contributed by atoms with Crippen molar-refractivity contribution >= 4 is 49.6 Å². The molecule has 0 atom stereocenters. The maximum atomic E-state index is 15.2. The average molecular weight is 387 g/mol. The molecule has 4 heterocycles. The Kier molecular flexibility index (Phi) is 3.40. The third kappa shape index (κ3) is 2.00. The van der Waals surface area contributed by atoms with Crippen molar-refractivity contribution in [1.82, 2.24) is 4.40 Å². The lowest BCUT2D eigenvalue weighted by Gasteiger charge is -2.29. The number of benzene rings is 1. The Morgan fingerprint density at radius 3 is 2.78 bits per heavy atom. The van der Waals surface area contributed by atoms with Crippen LogP contribution in [-0.4, -0.2) is 48.8 Å². The van der Waals surface area contributed by atoms with Gasteiger partial charge in [0.05, 0.1) is 46.1 Å². The predicted octanol–water partition coefficient (Wildman–Crippen LogP) is 1.75. The minimum absolute atomic E-state index is 0.0627. The first-order valence-electron chi connectivity index (χ1n) is 8.40. The topological polar surface area (TPSA) is 83.6 Å². The van der Waals surface area contributed by atoms with Crippen molar-refractivity contribution in [2.24, 2.45) is 4.99 Å². The normalized spacial score (nSPS) is 16.4. The van der Waals surface area contributed by atoms with Crippen molar-refractivity contribution in [2.75, 3.05) is 38.3 Å². The first-order chi connectivity index (χ1) is 13.0. The van der Waals surface area contributed by atoms with Crippen LogP contribution in [0.1, 0.15) is 10.4 Å². The molecule has 4 aromatic rings. The lowest BCUT2D eigenvalue weighted by molar-refractivity contribution is 0.0697. The summed E-state index contributed by atoms with van der Waals surface area (Å²) in [5.74, 6) is -1.87. The molecule has 0 aliphatic carbocycles. The second-order valence-corrected chi connectivity index (χ2v) is 7.28. The number of nitrogens with zero attached hydrogens (tertiary/aromatic N) is 3. The molecule has 1 N–H and O–H groups in total. The summed E-state index contributed by atoms with van der Waals surface area (Å²) in [6.45, 7) is 2.04.